The van der Waals surface area contributed by atoms with Crippen LogP contribution >= 0.6 is 28.3 Å². The van der Waals surface area contributed by atoms with E-state index >= 15 is 0 Å². The van der Waals surface area contributed by atoms with Crippen LogP contribution in [0.1, 0.15) is 12.8 Å². The lowest BCUT2D eigenvalue weighted by Crippen LogP contribution is -2.45. The molecule has 2 N–H and O–H groups in total. The van der Waals surface area contributed by atoms with Gasteiger partial charge < -0.3 is 5.32 Å². The third-order valence-corrected chi connectivity index (χ3v) is 4.95. The molecule has 4 nitrogen and oxygen atoms in total. The molecule has 19 heavy (non-hydrogen) atoms. The number of halogens is 3. The van der Waals surface area contributed by atoms with Gasteiger partial charge in [0.15, 0.2) is 0 Å². The Morgan fingerprint density at radius 2 is 2.16 bits per heavy atom. The molecule has 1 fully saturated rings. The van der Waals surface area contributed by atoms with Crippen LogP contribution in [0.25, 0.3) is 0 Å². The zero-order valence-corrected chi connectivity index (χ0v) is 13.2. The standard InChI is InChI=1S/C11H14BrFN2O2S.ClH/c12-10-6-9(3-4-11(10)13)18(16,17)15-8-2-1-5-14-7-8;/h3-4,6,8,14-15H,1-2,5,7H2;1H. The Kier molecular flexibility index (Phi) is 6.19. The number of piperidine rings is 1. The van der Waals surface area contributed by atoms with E-state index in [0.29, 0.717) is 6.54 Å². The fraction of sp³-hybridized carbons (Fsp3) is 0.455. The monoisotopic (exact) mass is 372 g/mol. The fourth-order valence-corrected chi connectivity index (χ4v) is 3.71. The maximum atomic E-state index is 13.1. The molecule has 0 saturated carbocycles. The van der Waals surface area contributed by atoms with Crippen LogP contribution in [0.3, 0.4) is 0 Å². The van der Waals surface area contributed by atoms with Crippen LogP contribution in [0.15, 0.2) is 27.6 Å². The van der Waals surface area contributed by atoms with Gasteiger partial charge in [0.2, 0.25) is 10.0 Å². The van der Waals surface area contributed by atoms with Crippen molar-refractivity contribution in [3.05, 3.63) is 28.5 Å². The van der Waals surface area contributed by atoms with Gasteiger partial charge in [0.1, 0.15) is 5.82 Å². The average molecular weight is 374 g/mol. The summed E-state index contributed by atoms with van der Waals surface area (Å²) >= 11 is 2.98. The number of sulfonamides is 1. The van der Waals surface area contributed by atoms with Gasteiger partial charge in [-0.2, -0.15) is 0 Å². The van der Waals surface area contributed by atoms with Crippen molar-refractivity contribution in [1.82, 2.24) is 10.0 Å². The first-order valence-electron chi connectivity index (χ1n) is 5.67. The van der Waals surface area contributed by atoms with E-state index in [1.807, 2.05) is 0 Å². The molecule has 108 valence electrons. The predicted molar refractivity (Wildman–Crippen MR) is 77.6 cm³/mol. The van der Waals surface area contributed by atoms with Gasteiger partial charge in [-0.05, 0) is 53.5 Å². The summed E-state index contributed by atoms with van der Waals surface area (Å²) in [6.07, 6.45) is 1.76. The van der Waals surface area contributed by atoms with Gasteiger partial charge >= 0.3 is 0 Å². The summed E-state index contributed by atoms with van der Waals surface area (Å²) in [5.41, 5.74) is 0. The van der Waals surface area contributed by atoms with Crippen molar-refractivity contribution < 1.29 is 12.8 Å². The fourth-order valence-electron chi connectivity index (χ4n) is 1.88. The normalized spacial score (nSPS) is 19.8. The molecule has 1 atom stereocenters. The molecule has 0 radical (unpaired) electrons. The maximum absolute atomic E-state index is 13.1. The first kappa shape index (κ1) is 16.8. The third kappa shape index (κ3) is 4.39. The molecule has 1 aliphatic rings. The number of rotatable bonds is 3. The first-order valence-corrected chi connectivity index (χ1v) is 7.95. The van der Waals surface area contributed by atoms with E-state index in [1.165, 1.54) is 12.1 Å². The largest absolute Gasteiger partial charge is 0.315 e. The molecule has 0 bridgehead atoms. The highest BCUT2D eigenvalue weighted by Crippen LogP contribution is 2.20. The van der Waals surface area contributed by atoms with Crippen molar-refractivity contribution in [3.63, 3.8) is 0 Å². The van der Waals surface area contributed by atoms with Crippen molar-refractivity contribution in [2.75, 3.05) is 13.1 Å². The minimum Gasteiger partial charge on any atom is -0.315 e. The van der Waals surface area contributed by atoms with Gasteiger partial charge in [0.25, 0.3) is 0 Å². The molecule has 0 spiro atoms. The molecule has 2 rings (SSSR count). The van der Waals surface area contributed by atoms with Crippen molar-refractivity contribution in [1.29, 1.82) is 0 Å². The molecule has 1 heterocycles. The zero-order chi connectivity index (χ0) is 13.2. The molecule has 1 aliphatic heterocycles. The minimum atomic E-state index is -3.59. The second-order valence-corrected chi connectivity index (χ2v) is 6.81. The van der Waals surface area contributed by atoms with Gasteiger partial charge in [-0.25, -0.2) is 17.5 Å². The van der Waals surface area contributed by atoms with Gasteiger partial charge in [-0.15, -0.1) is 12.4 Å². The average Bonchev–Trinajstić information content (AvgIpc) is 2.33. The molecule has 1 saturated heterocycles. The van der Waals surface area contributed by atoms with Crippen LogP contribution in [0.4, 0.5) is 4.39 Å². The molecule has 1 unspecified atom stereocenters. The minimum absolute atomic E-state index is 0. The van der Waals surface area contributed by atoms with E-state index in [4.69, 9.17) is 0 Å². The lowest BCUT2D eigenvalue weighted by molar-refractivity contribution is 0.428. The van der Waals surface area contributed by atoms with E-state index < -0.39 is 15.8 Å². The van der Waals surface area contributed by atoms with Crippen molar-refractivity contribution in [2.45, 2.75) is 23.8 Å². The van der Waals surface area contributed by atoms with E-state index in [0.717, 1.165) is 25.5 Å². The molecular formula is C11H15BrClFN2O2S. The van der Waals surface area contributed by atoms with Crippen LogP contribution in [-0.4, -0.2) is 27.5 Å². The maximum Gasteiger partial charge on any atom is 0.240 e. The summed E-state index contributed by atoms with van der Waals surface area (Å²) in [5, 5.41) is 3.13. The van der Waals surface area contributed by atoms with Gasteiger partial charge in [-0.3, -0.25) is 0 Å². The molecule has 1 aromatic rings. The lowest BCUT2D eigenvalue weighted by atomic mass is 10.1. The SMILES string of the molecule is Cl.O=S(=O)(NC1CCCNC1)c1ccc(F)c(Br)c1. The Hall–Kier alpha value is -0.210. The third-order valence-electron chi connectivity index (χ3n) is 2.82. The Bertz CT molecular complexity index is 535. The smallest absolute Gasteiger partial charge is 0.240 e. The Balaban J connectivity index is 0.00000180. The zero-order valence-electron chi connectivity index (χ0n) is 10.0. The van der Waals surface area contributed by atoms with Gasteiger partial charge in [-0.1, -0.05) is 0 Å². The second-order valence-electron chi connectivity index (χ2n) is 4.24. The summed E-state index contributed by atoms with van der Waals surface area (Å²) < 4.78 is 40.0. The topological polar surface area (TPSA) is 58.2 Å². The van der Waals surface area contributed by atoms with E-state index in [1.54, 1.807) is 0 Å². The molecule has 8 heteroatoms. The summed E-state index contributed by atoms with van der Waals surface area (Å²) in [4.78, 5) is 0.0707. The van der Waals surface area contributed by atoms with Crippen molar-refractivity contribution in [2.24, 2.45) is 0 Å². The Morgan fingerprint density at radius 3 is 2.74 bits per heavy atom. The Morgan fingerprint density at radius 1 is 1.42 bits per heavy atom. The van der Waals surface area contributed by atoms with Crippen LogP contribution in [0.2, 0.25) is 0 Å². The van der Waals surface area contributed by atoms with Crippen molar-refractivity contribution in [3.8, 4) is 0 Å². The first-order chi connectivity index (χ1) is 8.49. The molecule has 0 amide bonds. The highest BCUT2D eigenvalue weighted by Gasteiger charge is 2.22. The van der Waals surface area contributed by atoms with E-state index in [2.05, 4.69) is 26.0 Å². The number of hydrogen-bond donors (Lipinski definition) is 2. The molecular weight excluding hydrogens is 359 g/mol. The van der Waals surface area contributed by atoms with Gasteiger partial charge in [0, 0.05) is 12.6 Å². The van der Waals surface area contributed by atoms with Crippen LogP contribution in [0.5, 0.6) is 0 Å². The van der Waals surface area contributed by atoms with Gasteiger partial charge in [0.05, 0.1) is 9.37 Å². The summed E-state index contributed by atoms with van der Waals surface area (Å²) in [5.74, 6) is -0.478. The highest BCUT2D eigenvalue weighted by atomic mass is 79.9. The van der Waals surface area contributed by atoms with Crippen LogP contribution < -0.4 is 10.0 Å². The predicted octanol–water partition coefficient (Wildman–Crippen LogP) is 2.04. The second kappa shape index (κ2) is 6.99. The molecule has 1 aromatic carbocycles. The number of benzene rings is 1. The quantitative estimate of drug-likeness (QED) is 0.852. The number of hydrogen-bond acceptors (Lipinski definition) is 3. The highest BCUT2D eigenvalue weighted by molar-refractivity contribution is 9.10. The Labute approximate surface area is 126 Å². The summed E-state index contributed by atoms with van der Waals surface area (Å²) in [6, 6.07) is 3.57. The van der Waals surface area contributed by atoms with Crippen LogP contribution in [-0.2, 0) is 10.0 Å². The van der Waals surface area contributed by atoms with E-state index in [-0.39, 0.29) is 27.8 Å². The number of nitrogens with one attached hydrogen (secondary N) is 2. The summed E-state index contributed by atoms with van der Waals surface area (Å²) in [6.45, 7) is 1.54. The van der Waals surface area contributed by atoms with Crippen molar-refractivity contribution >= 4 is 38.4 Å². The summed E-state index contributed by atoms with van der Waals surface area (Å²) in [7, 11) is -3.59. The molecule has 0 aromatic heterocycles. The van der Waals surface area contributed by atoms with Crippen LogP contribution in [0, 0.1) is 5.82 Å². The van der Waals surface area contributed by atoms with E-state index in [9.17, 15) is 12.8 Å². The lowest BCUT2D eigenvalue weighted by Gasteiger charge is -2.23. The molecule has 0 aliphatic carbocycles.